The van der Waals surface area contributed by atoms with E-state index in [1.165, 1.54) is 31.7 Å². The molecule has 1 saturated carbocycles. The maximum absolute atomic E-state index is 14.8. The molecule has 0 amide bonds. The molecular formula is C28H29F7O4. The van der Waals surface area contributed by atoms with E-state index in [0.29, 0.717) is 31.3 Å². The van der Waals surface area contributed by atoms with Gasteiger partial charge in [0.25, 0.3) is 0 Å². The first-order valence-corrected chi connectivity index (χ1v) is 12.8. The smallest absolute Gasteiger partial charge is 0.429 e. The fraction of sp³-hybridized carbons (Fsp3) is 0.500. The highest BCUT2D eigenvalue weighted by Gasteiger charge is 2.39. The van der Waals surface area contributed by atoms with Crippen LogP contribution in [0.1, 0.15) is 62.9 Å². The van der Waals surface area contributed by atoms with Gasteiger partial charge in [0.15, 0.2) is 29.9 Å². The molecule has 2 fully saturated rings. The lowest BCUT2D eigenvalue weighted by Crippen LogP contribution is -2.34. The van der Waals surface area contributed by atoms with Crippen molar-refractivity contribution in [3.63, 3.8) is 0 Å². The van der Waals surface area contributed by atoms with Crippen molar-refractivity contribution in [1.82, 2.24) is 0 Å². The number of hydrogen-bond donors (Lipinski definition) is 0. The minimum Gasteiger partial charge on any atom is -0.453 e. The first kappa shape index (κ1) is 29.2. The fourth-order valence-electron chi connectivity index (χ4n) is 5.27. The Morgan fingerprint density at radius 1 is 0.923 bits per heavy atom. The summed E-state index contributed by atoms with van der Waals surface area (Å²) >= 11 is 0. The molecule has 0 spiro atoms. The van der Waals surface area contributed by atoms with Gasteiger partial charge in [-0.2, -0.15) is 17.6 Å². The Morgan fingerprint density at radius 3 is 2.13 bits per heavy atom. The second-order valence-electron chi connectivity index (χ2n) is 9.93. The van der Waals surface area contributed by atoms with Crippen molar-refractivity contribution in [2.75, 3.05) is 13.2 Å². The normalized spacial score (nSPS) is 23.8. The van der Waals surface area contributed by atoms with Crippen molar-refractivity contribution >= 4 is 0 Å². The molecule has 0 bridgehead atoms. The molecule has 0 atom stereocenters. The summed E-state index contributed by atoms with van der Waals surface area (Å²) in [4.78, 5) is 0. The third kappa shape index (κ3) is 7.25. The molecule has 0 aromatic heterocycles. The summed E-state index contributed by atoms with van der Waals surface area (Å²) in [5, 5.41) is 0. The van der Waals surface area contributed by atoms with Crippen LogP contribution in [0.2, 0.25) is 0 Å². The third-order valence-corrected chi connectivity index (χ3v) is 7.24. The lowest BCUT2D eigenvalue weighted by molar-refractivity contribution is -0.215. The molecule has 11 heteroatoms. The van der Waals surface area contributed by atoms with E-state index in [9.17, 15) is 30.7 Å². The van der Waals surface area contributed by atoms with Gasteiger partial charge in [-0.15, -0.1) is 0 Å². The van der Waals surface area contributed by atoms with Crippen LogP contribution >= 0.6 is 0 Å². The van der Waals surface area contributed by atoms with Gasteiger partial charge in [0.1, 0.15) is 11.6 Å². The summed E-state index contributed by atoms with van der Waals surface area (Å²) in [5.74, 6) is -5.26. The average molecular weight is 563 g/mol. The summed E-state index contributed by atoms with van der Waals surface area (Å²) in [6.07, 6.45) is -0.800. The van der Waals surface area contributed by atoms with Gasteiger partial charge in [0.05, 0.1) is 18.8 Å². The maximum atomic E-state index is 14.8. The van der Waals surface area contributed by atoms with Gasteiger partial charge in [0, 0.05) is 23.6 Å². The standard InChI is InChI=1S/C28H29F7O4/c1-2-3-16-4-6-17(7-5-16)19-13-37-27(38-14-19)18-8-9-21(22(29)10-18)28(34,35)39-20-11-23(30)26(24(31)12-20)36-15-25(32)33/h8-12,15-17,19,27H,2-7,13-14H2,1H3. The Morgan fingerprint density at radius 2 is 1.56 bits per heavy atom. The van der Waals surface area contributed by atoms with Gasteiger partial charge in [0.2, 0.25) is 0 Å². The highest BCUT2D eigenvalue weighted by atomic mass is 19.3. The molecule has 2 aromatic carbocycles. The molecule has 2 aliphatic rings. The largest absolute Gasteiger partial charge is 0.453 e. The minimum atomic E-state index is -4.33. The summed E-state index contributed by atoms with van der Waals surface area (Å²) in [7, 11) is 0. The number of halogens is 7. The molecule has 1 saturated heterocycles. The zero-order valence-corrected chi connectivity index (χ0v) is 21.2. The highest BCUT2D eigenvalue weighted by Crippen LogP contribution is 2.40. The second kappa shape index (κ2) is 12.6. The number of hydrogen-bond acceptors (Lipinski definition) is 4. The molecule has 1 aliphatic heterocycles. The van der Waals surface area contributed by atoms with E-state index < -0.39 is 53.0 Å². The van der Waals surface area contributed by atoms with E-state index in [4.69, 9.17) is 9.47 Å². The van der Waals surface area contributed by atoms with Gasteiger partial charge in [-0.25, -0.2) is 13.2 Å². The van der Waals surface area contributed by atoms with E-state index in [2.05, 4.69) is 16.4 Å². The first-order valence-electron chi connectivity index (χ1n) is 12.8. The Balaban J connectivity index is 1.37. The van der Waals surface area contributed by atoms with Crippen molar-refractivity contribution in [2.45, 2.75) is 57.8 Å². The Kier molecular flexibility index (Phi) is 9.43. The molecule has 39 heavy (non-hydrogen) atoms. The minimum absolute atomic E-state index is 0.198. The molecule has 1 aliphatic carbocycles. The van der Waals surface area contributed by atoms with Crippen LogP contribution in [0.15, 0.2) is 42.7 Å². The SMILES string of the molecule is CCCC1CCC(C2COC(c3ccc(C(F)(F)Oc4cc(F)c(OC=C(F)F)c(F)c4)c(F)c3)OC2)CC1. The molecular weight excluding hydrogens is 533 g/mol. The van der Waals surface area contributed by atoms with Crippen LogP contribution in [0.4, 0.5) is 30.7 Å². The van der Waals surface area contributed by atoms with Gasteiger partial charge in [-0.1, -0.05) is 38.7 Å². The predicted octanol–water partition coefficient (Wildman–Crippen LogP) is 8.62. The zero-order chi connectivity index (χ0) is 28.2. The topological polar surface area (TPSA) is 36.9 Å². The quantitative estimate of drug-likeness (QED) is 0.227. The van der Waals surface area contributed by atoms with E-state index in [0.717, 1.165) is 30.9 Å². The van der Waals surface area contributed by atoms with E-state index >= 15 is 0 Å². The van der Waals surface area contributed by atoms with Gasteiger partial charge < -0.3 is 18.9 Å². The van der Waals surface area contributed by atoms with Crippen LogP contribution in [0, 0.1) is 35.2 Å². The molecule has 0 unspecified atom stereocenters. The Hall–Kier alpha value is -2.79. The van der Waals surface area contributed by atoms with E-state index in [1.807, 2.05) is 0 Å². The number of ether oxygens (including phenoxy) is 4. The van der Waals surface area contributed by atoms with Gasteiger partial charge in [-0.05, 0) is 36.8 Å². The van der Waals surface area contributed by atoms with Gasteiger partial charge in [-0.3, -0.25) is 0 Å². The molecule has 2 aromatic rings. The number of benzene rings is 2. The predicted molar refractivity (Wildman–Crippen MR) is 127 cm³/mol. The van der Waals surface area contributed by atoms with Crippen LogP contribution in [0.3, 0.4) is 0 Å². The van der Waals surface area contributed by atoms with Crippen molar-refractivity contribution in [3.05, 3.63) is 71.3 Å². The average Bonchev–Trinajstić information content (AvgIpc) is 2.88. The summed E-state index contributed by atoms with van der Waals surface area (Å²) in [6.45, 7) is 3.03. The van der Waals surface area contributed by atoms with Crippen LogP contribution < -0.4 is 9.47 Å². The van der Waals surface area contributed by atoms with E-state index in [1.54, 1.807) is 0 Å². The van der Waals surface area contributed by atoms with Crippen LogP contribution in [0.25, 0.3) is 0 Å². The van der Waals surface area contributed by atoms with E-state index in [-0.39, 0.29) is 17.7 Å². The van der Waals surface area contributed by atoms with Crippen LogP contribution in [0.5, 0.6) is 11.5 Å². The number of rotatable bonds is 9. The van der Waals surface area contributed by atoms with Crippen LogP contribution in [-0.2, 0) is 15.6 Å². The summed E-state index contributed by atoms with van der Waals surface area (Å²) in [5.41, 5.74) is -0.990. The Labute approximate surface area is 221 Å². The Bertz CT molecular complexity index is 1130. The second-order valence-corrected chi connectivity index (χ2v) is 9.93. The van der Waals surface area contributed by atoms with Gasteiger partial charge >= 0.3 is 12.2 Å². The lowest BCUT2D eigenvalue weighted by Gasteiger charge is -2.38. The summed E-state index contributed by atoms with van der Waals surface area (Å²) in [6, 6.07) is 3.42. The number of alkyl halides is 2. The molecule has 0 radical (unpaired) electrons. The monoisotopic (exact) mass is 562 g/mol. The molecule has 4 rings (SSSR count). The maximum Gasteiger partial charge on any atom is 0.429 e. The lowest BCUT2D eigenvalue weighted by atomic mass is 9.75. The zero-order valence-electron chi connectivity index (χ0n) is 21.2. The highest BCUT2D eigenvalue weighted by molar-refractivity contribution is 5.36. The first-order chi connectivity index (χ1) is 18.6. The molecule has 1 heterocycles. The molecule has 0 N–H and O–H groups in total. The summed E-state index contributed by atoms with van der Waals surface area (Å²) < 4.78 is 117. The van der Waals surface area contributed by atoms with Crippen molar-refractivity contribution < 1.29 is 49.7 Å². The van der Waals surface area contributed by atoms with Crippen molar-refractivity contribution in [2.24, 2.45) is 17.8 Å². The van der Waals surface area contributed by atoms with Crippen molar-refractivity contribution in [1.29, 1.82) is 0 Å². The van der Waals surface area contributed by atoms with Crippen LogP contribution in [-0.4, -0.2) is 13.2 Å². The molecule has 214 valence electrons. The van der Waals surface area contributed by atoms with Crippen molar-refractivity contribution in [3.8, 4) is 11.5 Å². The fourth-order valence-corrected chi connectivity index (χ4v) is 5.27. The molecule has 4 nitrogen and oxygen atoms in total. The third-order valence-electron chi connectivity index (χ3n) is 7.24.